The van der Waals surface area contributed by atoms with E-state index in [9.17, 15) is 65.9 Å². The summed E-state index contributed by atoms with van der Waals surface area (Å²) in [4.78, 5) is 0. The highest BCUT2D eigenvalue weighted by molar-refractivity contribution is 5.50. The minimum Gasteiger partial charge on any atom is -0.243 e. The Morgan fingerprint density at radius 2 is 0.605 bits per heavy atom. The molecule has 0 spiro atoms. The van der Waals surface area contributed by atoms with Crippen LogP contribution >= 0.6 is 0 Å². The molecule has 0 radical (unpaired) electrons. The number of allylic oxidation sites excluding steroid dienone is 4. The van der Waals surface area contributed by atoms with Crippen LogP contribution in [0.5, 0.6) is 0 Å². The average Bonchev–Trinajstić information content (AvgIpc) is 3.30. The first-order valence-corrected chi connectivity index (χ1v) is 11.7. The summed E-state index contributed by atoms with van der Waals surface area (Å²) in [5.74, 6) is -8.49. The topological polar surface area (TPSA) is 0 Å². The normalized spacial score (nSPS) is 56.2. The summed E-state index contributed by atoms with van der Waals surface area (Å²) >= 11 is 0. The molecule has 3 saturated carbocycles. The molecule has 12 unspecified atom stereocenters. The van der Waals surface area contributed by atoms with Crippen molar-refractivity contribution in [2.45, 2.75) is 99.0 Å². The van der Waals surface area contributed by atoms with E-state index in [1.807, 2.05) is 0 Å². The highest BCUT2D eigenvalue weighted by Gasteiger charge is 2.62. The van der Waals surface area contributed by atoms with Crippen LogP contribution in [0.1, 0.15) is 6.42 Å². The van der Waals surface area contributed by atoms with E-state index in [4.69, 9.17) is 0 Å². The van der Waals surface area contributed by atoms with Crippen molar-refractivity contribution < 1.29 is 65.9 Å². The van der Waals surface area contributed by atoms with Gasteiger partial charge in [0.1, 0.15) is 37.0 Å². The summed E-state index contributed by atoms with van der Waals surface area (Å²) in [6, 6.07) is 0. The molecule has 0 bridgehead atoms. The molecule has 0 aromatic carbocycles. The third-order valence-corrected chi connectivity index (χ3v) is 8.00. The Balaban J connectivity index is 1.89. The molecule has 0 aliphatic heterocycles. The number of hydrogen-bond acceptors (Lipinski definition) is 0. The molecule has 0 nitrogen and oxygen atoms in total. The second-order valence-electron chi connectivity index (χ2n) is 10.0. The van der Waals surface area contributed by atoms with Gasteiger partial charge in [-0.15, -0.1) is 0 Å². The summed E-state index contributed by atoms with van der Waals surface area (Å²) < 4.78 is 216. The molecule has 0 saturated heterocycles. The zero-order valence-electron chi connectivity index (χ0n) is 18.8. The Hall–Kier alpha value is -1.57. The highest BCUT2D eigenvalue weighted by atomic mass is 19.2. The van der Waals surface area contributed by atoms with Gasteiger partial charge in [0.05, 0.1) is 11.8 Å². The second kappa shape index (κ2) is 10.4. The Bertz CT molecular complexity index is 894. The average molecular weight is 582 g/mol. The summed E-state index contributed by atoms with van der Waals surface area (Å²) in [5, 5.41) is 0. The fourth-order valence-corrected chi connectivity index (χ4v) is 6.00. The SMILES string of the molecule is FC1C(F)C(F)C(C2=CCC(C3C(F)C(F)C(F)C(F)C3F)=C2C2C(F)C(F)C(F)C(F)C2F)C(F)C1F. The zero-order valence-corrected chi connectivity index (χ0v) is 18.8. The monoisotopic (exact) mass is 582 g/mol. The van der Waals surface area contributed by atoms with Gasteiger partial charge in [-0.1, -0.05) is 11.6 Å². The Morgan fingerprint density at radius 3 is 0.947 bits per heavy atom. The third kappa shape index (κ3) is 4.23. The predicted molar refractivity (Wildman–Crippen MR) is 104 cm³/mol. The van der Waals surface area contributed by atoms with Crippen molar-refractivity contribution in [2.24, 2.45) is 17.8 Å². The number of rotatable bonds is 3. The quantitative estimate of drug-likeness (QED) is 0.331. The molecule has 4 rings (SSSR count). The zero-order chi connectivity index (χ0) is 28.5. The van der Waals surface area contributed by atoms with E-state index in [1.165, 1.54) is 0 Å². The molecular formula is C23H21F15. The summed E-state index contributed by atoms with van der Waals surface area (Å²) in [7, 11) is 0. The van der Waals surface area contributed by atoms with Crippen molar-refractivity contribution in [3.63, 3.8) is 0 Å². The molecule has 12 atom stereocenters. The van der Waals surface area contributed by atoms with Gasteiger partial charge < -0.3 is 0 Å². The van der Waals surface area contributed by atoms with E-state index in [-0.39, 0.29) is 0 Å². The molecule has 0 amide bonds. The second-order valence-corrected chi connectivity index (χ2v) is 10.0. The molecule has 38 heavy (non-hydrogen) atoms. The first kappa shape index (κ1) is 29.4. The van der Waals surface area contributed by atoms with Crippen molar-refractivity contribution in [3.8, 4) is 0 Å². The lowest BCUT2D eigenvalue weighted by Gasteiger charge is -2.43. The van der Waals surface area contributed by atoms with Crippen LogP contribution in [0.2, 0.25) is 0 Å². The maximum absolute atomic E-state index is 15.0. The van der Waals surface area contributed by atoms with Crippen LogP contribution in [0.15, 0.2) is 22.8 Å². The largest absolute Gasteiger partial charge is 0.243 e. The van der Waals surface area contributed by atoms with E-state index < -0.39 is 133 Å². The fourth-order valence-electron chi connectivity index (χ4n) is 6.00. The van der Waals surface area contributed by atoms with Crippen LogP contribution in [-0.2, 0) is 0 Å². The Morgan fingerprint density at radius 1 is 0.342 bits per heavy atom. The van der Waals surface area contributed by atoms with Gasteiger partial charge in [-0.25, -0.2) is 65.9 Å². The standard InChI is InChI=1S/C23H21F15/c24-9-6(10(25)16(31)21(36)15(9)30)3-1-2-4(7-11(26)17(32)22(37)18(33)12(7)27)5(3)8-13(28)19(34)23(38)20(35)14(8)29/h1,6-23H,2H2. The van der Waals surface area contributed by atoms with Gasteiger partial charge in [-0.3, -0.25) is 0 Å². The van der Waals surface area contributed by atoms with E-state index >= 15 is 0 Å². The van der Waals surface area contributed by atoms with Crippen LogP contribution < -0.4 is 0 Å². The summed E-state index contributed by atoms with van der Waals surface area (Å²) in [6.45, 7) is 0. The number of alkyl halides is 15. The van der Waals surface area contributed by atoms with E-state index in [0.29, 0.717) is 6.08 Å². The molecule has 4 aliphatic carbocycles. The minimum atomic E-state index is -3.45. The van der Waals surface area contributed by atoms with Crippen LogP contribution in [0.25, 0.3) is 0 Å². The predicted octanol–water partition coefficient (Wildman–Crippen LogP) is 6.57. The molecule has 3 fully saturated rings. The molecule has 218 valence electrons. The van der Waals surface area contributed by atoms with Crippen molar-refractivity contribution in [1.82, 2.24) is 0 Å². The molecule has 4 aliphatic rings. The first-order chi connectivity index (χ1) is 17.6. The van der Waals surface area contributed by atoms with Crippen molar-refractivity contribution in [1.29, 1.82) is 0 Å². The van der Waals surface area contributed by atoms with Gasteiger partial charge in [0.15, 0.2) is 55.5 Å². The van der Waals surface area contributed by atoms with Gasteiger partial charge in [-0.05, 0) is 17.6 Å². The summed E-state index contributed by atoms with van der Waals surface area (Å²) in [6.07, 6.45) is -50.9. The van der Waals surface area contributed by atoms with Crippen LogP contribution in [-0.4, -0.2) is 92.6 Å². The van der Waals surface area contributed by atoms with E-state index in [0.717, 1.165) is 0 Å². The minimum absolute atomic E-state index is 0.523. The summed E-state index contributed by atoms with van der Waals surface area (Å²) in [5.41, 5.74) is -3.63. The molecule has 0 N–H and O–H groups in total. The van der Waals surface area contributed by atoms with Crippen LogP contribution in [0, 0.1) is 17.8 Å². The van der Waals surface area contributed by atoms with Crippen molar-refractivity contribution in [3.05, 3.63) is 22.8 Å². The molecule has 0 aromatic heterocycles. The molecule has 0 aromatic rings. The highest BCUT2D eigenvalue weighted by Crippen LogP contribution is 2.54. The Labute approximate surface area is 206 Å². The third-order valence-electron chi connectivity index (χ3n) is 8.00. The Kier molecular flexibility index (Phi) is 8.08. The van der Waals surface area contributed by atoms with Gasteiger partial charge in [0.25, 0.3) is 0 Å². The lowest BCUT2D eigenvalue weighted by molar-refractivity contribution is -0.0875. The van der Waals surface area contributed by atoms with Gasteiger partial charge in [0, 0.05) is 5.92 Å². The molecular weight excluding hydrogens is 561 g/mol. The molecule has 15 heteroatoms. The van der Waals surface area contributed by atoms with E-state index in [2.05, 4.69) is 0 Å². The lowest BCUT2D eigenvalue weighted by atomic mass is 9.67. The number of halogens is 15. The maximum atomic E-state index is 15.0. The van der Waals surface area contributed by atoms with Crippen LogP contribution in [0.3, 0.4) is 0 Å². The first-order valence-electron chi connectivity index (χ1n) is 11.7. The van der Waals surface area contributed by atoms with Crippen molar-refractivity contribution in [2.75, 3.05) is 0 Å². The fraction of sp³-hybridized carbons (Fsp3) is 0.826. The smallest absolute Gasteiger partial charge is 0.168 e. The van der Waals surface area contributed by atoms with Gasteiger partial charge in [0.2, 0.25) is 0 Å². The van der Waals surface area contributed by atoms with E-state index in [1.54, 1.807) is 0 Å². The van der Waals surface area contributed by atoms with Crippen LogP contribution in [0.4, 0.5) is 65.9 Å². The lowest BCUT2D eigenvalue weighted by Crippen LogP contribution is -2.57. The number of hydrogen-bond donors (Lipinski definition) is 0. The van der Waals surface area contributed by atoms with Crippen molar-refractivity contribution >= 4 is 0 Å². The van der Waals surface area contributed by atoms with Gasteiger partial charge >= 0.3 is 0 Å². The van der Waals surface area contributed by atoms with Gasteiger partial charge in [-0.2, -0.15) is 0 Å². The molecule has 0 heterocycles. The maximum Gasteiger partial charge on any atom is 0.168 e.